The van der Waals surface area contributed by atoms with Crippen LogP contribution in [-0.2, 0) is 5.41 Å². The maximum absolute atomic E-state index is 5.78. The number of benzene rings is 1. The fourth-order valence-corrected chi connectivity index (χ4v) is 15.0. The molecule has 0 amide bonds. The number of unbranched alkanes of at least 4 members (excludes halogenated alkanes) is 2. The van der Waals surface area contributed by atoms with E-state index in [1.165, 1.54) is 56.9 Å². The largest absolute Gasteiger partial charge is 0.497 e. The molecule has 1 aromatic rings. The third-order valence-electron chi connectivity index (χ3n) is 9.95. The van der Waals surface area contributed by atoms with Gasteiger partial charge in [0.15, 0.2) is 8.24 Å². The lowest BCUT2D eigenvalue weighted by Gasteiger charge is -2.55. The van der Waals surface area contributed by atoms with Crippen LogP contribution < -0.4 is 4.74 Å². The van der Waals surface area contributed by atoms with E-state index in [9.17, 15) is 0 Å². The Morgan fingerprint density at radius 2 is 1.63 bits per heavy atom. The third kappa shape index (κ3) is 4.99. The first-order valence-electron chi connectivity index (χ1n) is 15.5. The molecule has 0 aliphatic heterocycles. The van der Waals surface area contributed by atoms with Gasteiger partial charge in [-0.05, 0) is 91.8 Å². The van der Waals surface area contributed by atoms with Gasteiger partial charge in [0, 0.05) is 5.41 Å². The second-order valence-electron chi connectivity index (χ2n) is 14.9. The molecule has 212 valence electrons. The zero-order valence-electron chi connectivity index (χ0n) is 26.6. The summed E-state index contributed by atoms with van der Waals surface area (Å²) in [7, 11) is 7.16. The average Bonchev–Trinajstić information content (AvgIpc) is 3.35. The van der Waals surface area contributed by atoms with Crippen LogP contribution in [0.25, 0.3) is 5.57 Å². The van der Waals surface area contributed by atoms with Gasteiger partial charge < -0.3 is 4.74 Å². The number of fused-ring (bicyclic) bond motifs is 4. The molecule has 0 spiro atoms. The van der Waals surface area contributed by atoms with Crippen molar-refractivity contribution in [1.29, 1.82) is 0 Å². The highest BCUT2D eigenvalue weighted by Gasteiger charge is 2.56. The molecule has 0 saturated heterocycles. The number of quaternary nitrogens is 1. The molecule has 0 aromatic heterocycles. The molecule has 1 fully saturated rings. The smallest absolute Gasteiger partial charge is 0.191 e. The van der Waals surface area contributed by atoms with E-state index in [2.05, 4.69) is 104 Å². The van der Waals surface area contributed by atoms with Gasteiger partial charge in [-0.3, -0.25) is 4.59 Å². The van der Waals surface area contributed by atoms with Crippen LogP contribution >= 0.6 is 0 Å². The molecule has 1 aromatic carbocycles. The van der Waals surface area contributed by atoms with Gasteiger partial charge in [0.1, 0.15) is 5.75 Å². The Hall–Kier alpha value is -1.36. The van der Waals surface area contributed by atoms with E-state index >= 15 is 0 Å². The topological polar surface area (TPSA) is 12.5 Å². The molecule has 4 heteroatoms. The molecular weight excluding hydrogens is 480 g/mol. The molecule has 0 radical (unpaired) electrons. The fourth-order valence-electron chi connectivity index (χ4n) is 9.29. The number of rotatable bonds is 10. The standard InChI is InChI=1S/C34H57N2OSi/c1-12-14-20-34(21-15-13-2)30-23-26(37-9)17-18-27(30)29-22-25-16-19-32(28(25)24-31(29)34)38(10,11)35(33(3,4)5)36(6,7)8/h17-18,22-25,28,32H,12-16,19-21H2,1-11H3/q+1. The van der Waals surface area contributed by atoms with Gasteiger partial charge in [-0.15, -0.1) is 0 Å². The van der Waals surface area contributed by atoms with Crippen LogP contribution in [-0.4, -0.2) is 51.3 Å². The molecule has 4 rings (SSSR count). The Kier molecular flexibility index (Phi) is 8.23. The minimum absolute atomic E-state index is 0.134. The van der Waals surface area contributed by atoms with Crippen LogP contribution in [0.2, 0.25) is 18.6 Å². The van der Waals surface area contributed by atoms with Crippen LogP contribution in [0.5, 0.6) is 5.75 Å². The van der Waals surface area contributed by atoms with Crippen molar-refractivity contribution in [2.24, 2.45) is 11.8 Å². The molecule has 0 N–H and O–H groups in total. The molecule has 3 atom stereocenters. The second kappa shape index (κ2) is 10.6. The summed E-state index contributed by atoms with van der Waals surface area (Å²) in [5, 5.41) is 0. The third-order valence-corrected chi connectivity index (χ3v) is 14.8. The summed E-state index contributed by atoms with van der Waals surface area (Å²) in [6.45, 7) is 17.3. The van der Waals surface area contributed by atoms with Crippen molar-refractivity contribution in [2.75, 3.05) is 28.3 Å². The lowest BCUT2D eigenvalue weighted by Crippen LogP contribution is -2.71. The number of nitrogens with zero attached hydrogens (tertiary/aromatic N) is 2. The van der Waals surface area contributed by atoms with Gasteiger partial charge in [-0.25, -0.2) is 0 Å². The van der Waals surface area contributed by atoms with E-state index in [1.807, 2.05) is 7.11 Å². The minimum Gasteiger partial charge on any atom is -0.497 e. The fraction of sp³-hybridized carbons (Fsp3) is 0.706. The molecule has 0 heterocycles. The quantitative estimate of drug-likeness (QED) is 0.168. The Labute approximate surface area is 236 Å². The number of hydrogen-bond donors (Lipinski definition) is 0. The van der Waals surface area contributed by atoms with Crippen molar-refractivity contribution in [2.45, 2.75) is 116 Å². The number of methoxy groups -OCH3 is 1. The van der Waals surface area contributed by atoms with Crippen molar-refractivity contribution >= 4 is 13.8 Å². The molecule has 38 heavy (non-hydrogen) atoms. The van der Waals surface area contributed by atoms with E-state index in [4.69, 9.17) is 4.74 Å². The number of allylic oxidation sites excluding steroid dienone is 4. The molecule has 3 aliphatic carbocycles. The molecule has 3 nitrogen and oxygen atoms in total. The second-order valence-corrected chi connectivity index (χ2v) is 19.3. The summed E-state index contributed by atoms with van der Waals surface area (Å²) in [6.07, 6.45) is 15.8. The summed E-state index contributed by atoms with van der Waals surface area (Å²) >= 11 is 0. The average molecular weight is 538 g/mol. The highest BCUT2D eigenvalue weighted by atomic mass is 28.3. The van der Waals surface area contributed by atoms with Crippen LogP contribution in [0.4, 0.5) is 0 Å². The number of hydrogen-bond acceptors (Lipinski definition) is 2. The van der Waals surface area contributed by atoms with Crippen molar-refractivity contribution < 1.29 is 9.33 Å². The van der Waals surface area contributed by atoms with E-state index in [1.54, 1.807) is 16.7 Å². The summed E-state index contributed by atoms with van der Waals surface area (Å²) in [5.41, 5.74) is 7.32. The molecule has 3 unspecified atom stereocenters. The van der Waals surface area contributed by atoms with Crippen LogP contribution in [0.3, 0.4) is 0 Å². The van der Waals surface area contributed by atoms with E-state index < -0.39 is 8.24 Å². The van der Waals surface area contributed by atoms with Gasteiger partial charge in [0.25, 0.3) is 0 Å². The molecule has 0 bridgehead atoms. The molecule has 1 saturated carbocycles. The predicted molar refractivity (Wildman–Crippen MR) is 167 cm³/mol. The Morgan fingerprint density at radius 1 is 1.00 bits per heavy atom. The van der Waals surface area contributed by atoms with Crippen molar-refractivity contribution in [1.82, 2.24) is 4.67 Å². The normalized spacial score (nSPS) is 24.6. The van der Waals surface area contributed by atoms with Gasteiger partial charge in [0.2, 0.25) is 0 Å². The highest BCUT2D eigenvalue weighted by Crippen LogP contribution is 2.62. The molecule has 3 aliphatic rings. The van der Waals surface area contributed by atoms with Crippen molar-refractivity contribution in [3.63, 3.8) is 0 Å². The van der Waals surface area contributed by atoms with Crippen LogP contribution in [0.1, 0.15) is 97.1 Å². The van der Waals surface area contributed by atoms with Gasteiger partial charge in [-0.2, -0.15) is 4.67 Å². The lowest BCUT2D eigenvalue weighted by atomic mass is 9.68. The SMILES string of the molecule is CCCCC1(CCCC)C2=CC3C(C=C2c2ccc(OC)cc21)CCC3[Si](C)(C)N(C(C)(C)C)[N+](C)(C)C. The molecular formula is C34H57N2OSi+. The van der Waals surface area contributed by atoms with Crippen molar-refractivity contribution in [3.05, 3.63) is 47.1 Å². The Balaban J connectivity index is 1.85. The van der Waals surface area contributed by atoms with Crippen LogP contribution in [0.15, 0.2) is 35.9 Å². The van der Waals surface area contributed by atoms with E-state index in [0.29, 0.717) is 11.8 Å². The highest BCUT2D eigenvalue weighted by molar-refractivity contribution is 6.76. The summed E-state index contributed by atoms with van der Waals surface area (Å²) in [4.78, 5) is 0. The van der Waals surface area contributed by atoms with Gasteiger partial charge >= 0.3 is 0 Å². The Bertz CT molecular complexity index is 1050. The summed E-state index contributed by atoms with van der Waals surface area (Å²) in [5.74, 6) is 2.34. The first kappa shape index (κ1) is 29.6. The summed E-state index contributed by atoms with van der Waals surface area (Å²) < 4.78 is 9.60. The zero-order valence-corrected chi connectivity index (χ0v) is 27.6. The zero-order chi connectivity index (χ0) is 28.1. The minimum atomic E-state index is -1.80. The first-order valence-corrected chi connectivity index (χ1v) is 18.5. The summed E-state index contributed by atoms with van der Waals surface area (Å²) in [6, 6.07) is 6.96. The van der Waals surface area contributed by atoms with E-state index in [0.717, 1.165) is 15.9 Å². The van der Waals surface area contributed by atoms with Gasteiger partial charge in [-0.1, -0.05) is 77.3 Å². The van der Waals surface area contributed by atoms with Gasteiger partial charge in [0.05, 0.1) is 33.8 Å². The maximum Gasteiger partial charge on any atom is 0.191 e. The van der Waals surface area contributed by atoms with Crippen LogP contribution in [0, 0.1) is 11.8 Å². The number of ether oxygens (including phenoxy) is 1. The predicted octanol–water partition coefficient (Wildman–Crippen LogP) is 8.97. The monoisotopic (exact) mass is 537 g/mol. The lowest BCUT2D eigenvalue weighted by molar-refractivity contribution is -0.978. The van der Waals surface area contributed by atoms with E-state index in [-0.39, 0.29) is 11.0 Å². The van der Waals surface area contributed by atoms with Crippen molar-refractivity contribution in [3.8, 4) is 5.75 Å². The first-order chi connectivity index (χ1) is 17.7. The Morgan fingerprint density at radius 3 is 2.16 bits per heavy atom. The maximum atomic E-state index is 5.78.